The van der Waals surface area contributed by atoms with Crippen molar-refractivity contribution in [3.05, 3.63) is 29.8 Å². The van der Waals surface area contributed by atoms with Crippen molar-refractivity contribution < 1.29 is 9.90 Å². The van der Waals surface area contributed by atoms with Crippen molar-refractivity contribution in [3.8, 4) is 0 Å². The van der Waals surface area contributed by atoms with E-state index in [2.05, 4.69) is 17.0 Å². The molecule has 2 fully saturated rings. The summed E-state index contributed by atoms with van der Waals surface area (Å²) in [5.74, 6) is 0.185. The zero-order valence-corrected chi connectivity index (χ0v) is 13.6. The first-order valence-electron chi connectivity index (χ1n) is 8.34. The van der Waals surface area contributed by atoms with Crippen LogP contribution < -0.4 is 4.90 Å². The molecule has 2 atom stereocenters. The number of amides is 1. The molecule has 0 radical (unpaired) electrons. The number of rotatable bonds is 2. The lowest BCUT2D eigenvalue weighted by atomic mass is 9.84. The highest BCUT2D eigenvalue weighted by Gasteiger charge is 2.36. The highest BCUT2D eigenvalue weighted by atomic mass is 16.3. The maximum Gasteiger partial charge on any atom is 0.253 e. The molecule has 1 N–H and O–H groups in total. The summed E-state index contributed by atoms with van der Waals surface area (Å²) in [7, 11) is 0. The Morgan fingerprint density at radius 1 is 1.18 bits per heavy atom. The average molecular weight is 302 g/mol. The van der Waals surface area contributed by atoms with Crippen molar-refractivity contribution in [2.45, 2.75) is 38.7 Å². The normalized spacial score (nSPS) is 29.0. The van der Waals surface area contributed by atoms with Gasteiger partial charge in [-0.15, -0.1) is 0 Å². The van der Waals surface area contributed by atoms with E-state index in [0.29, 0.717) is 19.5 Å². The number of hydrogen-bond donors (Lipinski definition) is 1. The van der Waals surface area contributed by atoms with Gasteiger partial charge in [0.05, 0.1) is 5.60 Å². The molecule has 2 saturated heterocycles. The van der Waals surface area contributed by atoms with Gasteiger partial charge in [-0.2, -0.15) is 0 Å². The monoisotopic (exact) mass is 302 g/mol. The lowest BCUT2D eigenvalue weighted by molar-refractivity contribution is -0.0439. The number of nitrogens with zero attached hydrogens (tertiary/aromatic N) is 2. The van der Waals surface area contributed by atoms with Crippen LogP contribution >= 0.6 is 0 Å². The smallest absolute Gasteiger partial charge is 0.253 e. The Morgan fingerprint density at radius 2 is 1.82 bits per heavy atom. The van der Waals surface area contributed by atoms with Crippen LogP contribution in [0, 0.1) is 5.92 Å². The molecule has 0 aliphatic carbocycles. The number of benzene rings is 1. The minimum atomic E-state index is -0.656. The summed E-state index contributed by atoms with van der Waals surface area (Å²) in [4.78, 5) is 16.9. The molecule has 1 aromatic carbocycles. The van der Waals surface area contributed by atoms with E-state index >= 15 is 0 Å². The zero-order chi connectivity index (χ0) is 15.7. The van der Waals surface area contributed by atoms with E-state index < -0.39 is 5.60 Å². The molecule has 3 rings (SSSR count). The highest BCUT2D eigenvalue weighted by molar-refractivity contribution is 5.94. The lowest BCUT2D eigenvalue weighted by Crippen LogP contribution is -2.50. The van der Waals surface area contributed by atoms with Gasteiger partial charge in [0, 0.05) is 43.3 Å². The Bertz CT molecular complexity index is 533. The third-order valence-corrected chi connectivity index (χ3v) is 5.32. The van der Waals surface area contributed by atoms with Crippen LogP contribution in [-0.4, -0.2) is 47.7 Å². The average Bonchev–Trinajstić information content (AvgIpc) is 3.04. The molecule has 0 saturated carbocycles. The third kappa shape index (κ3) is 2.98. The van der Waals surface area contributed by atoms with Gasteiger partial charge in [-0.3, -0.25) is 4.79 Å². The molecule has 0 aromatic heterocycles. The van der Waals surface area contributed by atoms with Gasteiger partial charge in [0.2, 0.25) is 0 Å². The summed E-state index contributed by atoms with van der Waals surface area (Å²) < 4.78 is 0. The van der Waals surface area contributed by atoms with Gasteiger partial charge < -0.3 is 14.9 Å². The molecule has 2 aliphatic rings. The van der Waals surface area contributed by atoms with Gasteiger partial charge in [0.25, 0.3) is 5.91 Å². The van der Waals surface area contributed by atoms with Gasteiger partial charge in [0.15, 0.2) is 0 Å². The number of carbonyl (C=O) groups is 1. The van der Waals surface area contributed by atoms with Gasteiger partial charge >= 0.3 is 0 Å². The van der Waals surface area contributed by atoms with Crippen molar-refractivity contribution in [1.82, 2.24) is 4.90 Å². The number of hydrogen-bond acceptors (Lipinski definition) is 3. The van der Waals surface area contributed by atoms with Crippen LogP contribution in [0.4, 0.5) is 5.69 Å². The maximum absolute atomic E-state index is 12.6. The Kier molecular flexibility index (Phi) is 4.13. The molecule has 4 heteroatoms. The van der Waals surface area contributed by atoms with Crippen LogP contribution in [0.3, 0.4) is 0 Å². The van der Waals surface area contributed by atoms with Gasteiger partial charge in [-0.05, 0) is 50.5 Å². The molecule has 1 amide bonds. The van der Waals surface area contributed by atoms with Crippen LogP contribution in [0.25, 0.3) is 0 Å². The predicted molar refractivity (Wildman–Crippen MR) is 88.2 cm³/mol. The van der Waals surface area contributed by atoms with Crippen molar-refractivity contribution >= 4 is 11.6 Å². The Labute approximate surface area is 132 Å². The molecule has 2 aliphatic heterocycles. The second-order valence-electron chi connectivity index (χ2n) is 7.00. The van der Waals surface area contributed by atoms with E-state index in [1.54, 1.807) is 0 Å². The molecular weight excluding hydrogens is 276 g/mol. The number of piperidine rings is 1. The zero-order valence-electron chi connectivity index (χ0n) is 13.6. The minimum Gasteiger partial charge on any atom is -0.390 e. The van der Waals surface area contributed by atoms with E-state index in [9.17, 15) is 9.90 Å². The van der Waals surface area contributed by atoms with E-state index in [-0.39, 0.29) is 11.8 Å². The molecule has 0 spiro atoms. The maximum atomic E-state index is 12.6. The van der Waals surface area contributed by atoms with Gasteiger partial charge in [-0.25, -0.2) is 0 Å². The predicted octanol–water partition coefficient (Wildman–Crippen LogP) is 2.52. The van der Waals surface area contributed by atoms with Crippen LogP contribution in [-0.2, 0) is 0 Å². The van der Waals surface area contributed by atoms with Crippen molar-refractivity contribution in [3.63, 3.8) is 0 Å². The summed E-state index contributed by atoms with van der Waals surface area (Å²) in [6.45, 7) is 7.36. The van der Waals surface area contributed by atoms with Crippen molar-refractivity contribution in [2.24, 2.45) is 5.92 Å². The Balaban J connectivity index is 1.67. The highest BCUT2D eigenvalue weighted by Crippen LogP contribution is 2.28. The van der Waals surface area contributed by atoms with E-state index in [1.807, 2.05) is 30.9 Å². The van der Waals surface area contributed by atoms with E-state index in [4.69, 9.17) is 0 Å². The molecule has 4 nitrogen and oxygen atoms in total. The fraction of sp³-hybridized carbons (Fsp3) is 0.611. The van der Waals surface area contributed by atoms with Gasteiger partial charge in [-0.1, -0.05) is 6.92 Å². The molecule has 2 heterocycles. The molecule has 0 bridgehead atoms. The molecule has 22 heavy (non-hydrogen) atoms. The summed E-state index contributed by atoms with van der Waals surface area (Å²) in [6.07, 6.45) is 3.16. The lowest BCUT2D eigenvalue weighted by Gasteiger charge is -2.41. The summed E-state index contributed by atoms with van der Waals surface area (Å²) in [6, 6.07) is 7.99. The number of aliphatic hydroxyl groups is 1. The topological polar surface area (TPSA) is 43.8 Å². The minimum absolute atomic E-state index is 0.0790. The number of likely N-dealkylation sites (tertiary alicyclic amines) is 1. The standard InChI is InChI=1S/C18H26N2O2/c1-14-13-20(12-9-18(14,2)22)17(21)15-5-7-16(8-6-15)19-10-3-4-11-19/h5-8,14,22H,3-4,9-13H2,1-2H3/t14-,18+/m1/s1. The Hall–Kier alpha value is -1.55. The number of anilines is 1. The summed E-state index contributed by atoms with van der Waals surface area (Å²) in [5, 5.41) is 10.2. The van der Waals surface area contributed by atoms with Crippen molar-refractivity contribution in [1.29, 1.82) is 0 Å². The summed E-state index contributed by atoms with van der Waals surface area (Å²) in [5.41, 5.74) is 1.30. The summed E-state index contributed by atoms with van der Waals surface area (Å²) >= 11 is 0. The fourth-order valence-corrected chi connectivity index (χ4v) is 3.38. The first-order chi connectivity index (χ1) is 10.5. The second-order valence-corrected chi connectivity index (χ2v) is 7.00. The molecule has 1 aromatic rings. The number of carbonyl (C=O) groups excluding carboxylic acids is 1. The van der Waals surface area contributed by atoms with E-state index in [0.717, 1.165) is 18.7 Å². The van der Waals surface area contributed by atoms with Crippen molar-refractivity contribution in [2.75, 3.05) is 31.1 Å². The first kappa shape index (κ1) is 15.3. The third-order valence-electron chi connectivity index (χ3n) is 5.32. The SMILES string of the molecule is C[C@@H]1CN(C(=O)c2ccc(N3CCCC3)cc2)CC[C@]1(C)O. The first-order valence-corrected chi connectivity index (χ1v) is 8.34. The van der Waals surface area contributed by atoms with Crippen LogP contribution in [0.2, 0.25) is 0 Å². The second kappa shape index (κ2) is 5.92. The van der Waals surface area contributed by atoms with Crippen LogP contribution in [0.1, 0.15) is 43.5 Å². The molecular formula is C18H26N2O2. The quantitative estimate of drug-likeness (QED) is 0.913. The largest absolute Gasteiger partial charge is 0.390 e. The molecule has 120 valence electrons. The van der Waals surface area contributed by atoms with Gasteiger partial charge in [0.1, 0.15) is 0 Å². The van der Waals surface area contributed by atoms with E-state index in [1.165, 1.54) is 18.5 Å². The van der Waals surface area contributed by atoms with Crippen LogP contribution in [0.15, 0.2) is 24.3 Å². The van der Waals surface area contributed by atoms with Crippen LogP contribution in [0.5, 0.6) is 0 Å². The molecule has 0 unspecified atom stereocenters. The Morgan fingerprint density at radius 3 is 2.41 bits per heavy atom. The fourth-order valence-electron chi connectivity index (χ4n) is 3.38.